The van der Waals surface area contributed by atoms with Crippen LogP contribution in [-0.4, -0.2) is 30.8 Å². The number of nitrogens with zero attached hydrogens (tertiary/aromatic N) is 5. The lowest BCUT2D eigenvalue weighted by Crippen LogP contribution is -2.02. The van der Waals surface area contributed by atoms with Gasteiger partial charge in [0.25, 0.3) is 0 Å². The third-order valence-electron chi connectivity index (χ3n) is 3.75. The summed E-state index contributed by atoms with van der Waals surface area (Å²) in [7, 11) is 0. The van der Waals surface area contributed by atoms with Crippen molar-refractivity contribution in [1.82, 2.24) is 24.5 Å². The maximum Gasteiger partial charge on any atom is 0.176 e. The number of thiazole rings is 1. The van der Waals surface area contributed by atoms with Crippen LogP contribution in [0.3, 0.4) is 0 Å². The van der Waals surface area contributed by atoms with Gasteiger partial charge in [-0.1, -0.05) is 36.0 Å². The fourth-order valence-corrected chi connectivity index (χ4v) is 3.97. The van der Waals surface area contributed by atoms with Crippen LogP contribution in [0.15, 0.2) is 53.7 Å². The van der Waals surface area contributed by atoms with Crippen LogP contribution in [0.4, 0.5) is 5.82 Å². The molecular weight excluding hydrogens is 352 g/mol. The molecule has 8 heteroatoms. The van der Waals surface area contributed by atoms with Crippen molar-refractivity contribution in [3.63, 3.8) is 0 Å². The Labute approximate surface area is 153 Å². The molecule has 0 fully saturated rings. The average Bonchev–Trinajstić information content (AvgIpc) is 3.30. The van der Waals surface area contributed by atoms with E-state index < -0.39 is 0 Å². The molecule has 0 saturated carbocycles. The molecule has 3 heterocycles. The van der Waals surface area contributed by atoms with Gasteiger partial charge < -0.3 is 9.88 Å². The molecule has 0 amide bonds. The maximum atomic E-state index is 4.48. The van der Waals surface area contributed by atoms with Crippen molar-refractivity contribution in [3.05, 3.63) is 60.4 Å². The summed E-state index contributed by atoms with van der Waals surface area (Å²) in [5.41, 5.74) is 3.21. The fourth-order valence-electron chi connectivity index (χ4n) is 2.49. The minimum atomic E-state index is 0.712. The van der Waals surface area contributed by atoms with Crippen molar-refractivity contribution in [2.45, 2.75) is 17.4 Å². The first kappa shape index (κ1) is 16.0. The second-order valence-corrected chi connectivity index (χ2v) is 7.52. The summed E-state index contributed by atoms with van der Waals surface area (Å²) in [6.07, 6.45) is 9.16. The van der Waals surface area contributed by atoms with Crippen molar-refractivity contribution in [1.29, 1.82) is 0 Å². The molecule has 6 nitrogen and oxygen atoms in total. The van der Waals surface area contributed by atoms with E-state index >= 15 is 0 Å². The van der Waals surface area contributed by atoms with E-state index in [2.05, 4.69) is 54.1 Å². The minimum Gasteiger partial charge on any atom is -0.365 e. The molecule has 4 rings (SSSR count). The SMILES string of the molecule is CSc1nc2ncnc(NCc3ccc(Cn4ccnc4)cc3)c2s1. The quantitative estimate of drug-likeness (QED) is 0.524. The highest BCUT2D eigenvalue weighted by Crippen LogP contribution is 2.31. The highest BCUT2D eigenvalue weighted by Gasteiger charge is 2.09. The summed E-state index contributed by atoms with van der Waals surface area (Å²) in [4.78, 5) is 17.1. The van der Waals surface area contributed by atoms with Gasteiger partial charge >= 0.3 is 0 Å². The third kappa shape index (κ3) is 3.64. The summed E-state index contributed by atoms with van der Waals surface area (Å²) >= 11 is 3.25. The van der Waals surface area contributed by atoms with Crippen molar-refractivity contribution in [2.24, 2.45) is 0 Å². The van der Waals surface area contributed by atoms with Crippen LogP contribution in [0.1, 0.15) is 11.1 Å². The number of aromatic nitrogens is 5. The van der Waals surface area contributed by atoms with E-state index in [1.807, 2.05) is 18.8 Å². The molecule has 1 aromatic carbocycles. The molecule has 3 aromatic heterocycles. The highest BCUT2D eigenvalue weighted by molar-refractivity contribution is 8.00. The van der Waals surface area contributed by atoms with Crippen LogP contribution in [-0.2, 0) is 13.1 Å². The molecule has 4 aromatic rings. The molecule has 0 aliphatic heterocycles. The standard InChI is InChI=1S/C17H16N6S2/c1-24-17-22-16-14(25-17)15(20-10-21-16)19-8-12-2-4-13(5-3-12)9-23-7-6-18-11-23/h2-7,10-11H,8-9H2,1H3,(H,19,20,21). The summed E-state index contributed by atoms with van der Waals surface area (Å²) < 4.78 is 4.06. The molecule has 1 N–H and O–H groups in total. The number of anilines is 1. The summed E-state index contributed by atoms with van der Waals surface area (Å²) in [6.45, 7) is 1.54. The zero-order valence-corrected chi connectivity index (χ0v) is 15.2. The number of hydrogen-bond acceptors (Lipinski definition) is 7. The minimum absolute atomic E-state index is 0.712. The van der Waals surface area contributed by atoms with Crippen LogP contribution in [0, 0.1) is 0 Å². The van der Waals surface area contributed by atoms with Gasteiger partial charge in [-0.2, -0.15) is 0 Å². The molecule has 0 unspecified atom stereocenters. The van der Waals surface area contributed by atoms with Gasteiger partial charge in [0.05, 0.1) is 6.33 Å². The molecular formula is C17H16N6S2. The summed E-state index contributed by atoms with van der Waals surface area (Å²) in [6, 6.07) is 8.56. The largest absolute Gasteiger partial charge is 0.365 e. The zero-order chi connectivity index (χ0) is 17.1. The van der Waals surface area contributed by atoms with Crippen molar-refractivity contribution in [2.75, 3.05) is 11.6 Å². The molecule has 0 aliphatic rings. The van der Waals surface area contributed by atoms with Crippen molar-refractivity contribution < 1.29 is 0 Å². The van der Waals surface area contributed by atoms with Crippen LogP contribution >= 0.6 is 23.1 Å². The molecule has 0 bridgehead atoms. The third-order valence-corrected chi connectivity index (χ3v) is 5.79. The Balaban J connectivity index is 1.45. The average molecular weight is 368 g/mol. The van der Waals surface area contributed by atoms with Gasteiger partial charge in [-0.25, -0.2) is 19.9 Å². The van der Waals surface area contributed by atoms with E-state index in [9.17, 15) is 0 Å². The molecule has 0 aliphatic carbocycles. The second kappa shape index (κ2) is 7.20. The zero-order valence-electron chi connectivity index (χ0n) is 13.6. The monoisotopic (exact) mass is 368 g/mol. The molecule has 126 valence electrons. The first-order chi connectivity index (χ1) is 12.3. The molecule has 0 radical (unpaired) electrons. The Morgan fingerprint density at radius 3 is 2.76 bits per heavy atom. The van der Waals surface area contributed by atoms with E-state index in [0.29, 0.717) is 6.54 Å². The second-order valence-electron chi connectivity index (χ2n) is 5.46. The van der Waals surface area contributed by atoms with Gasteiger partial charge in [0, 0.05) is 25.5 Å². The Morgan fingerprint density at radius 1 is 1.16 bits per heavy atom. The van der Waals surface area contributed by atoms with Crippen LogP contribution in [0.5, 0.6) is 0 Å². The van der Waals surface area contributed by atoms with E-state index in [1.54, 1.807) is 35.6 Å². The number of fused-ring (bicyclic) bond motifs is 1. The lowest BCUT2D eigenvalue weighted by atomic mass is 10.1. The molecule has 25 heavy (non-hydrogen) atoms. The van der Waals surface area contributed by atoms with Gasteiger partial charge in [0.2, 0.25) is 0 Å². The van der Waals surface area contributed by atoms with Gasteiger partial charge in [0.1, 0.15) is 16.8 Å². The lowest BCUT2D eigenvalue weighted by Gasteiger charge is -2.07. The Kier molecular flexibility index (Phi) is 4.62. The van der Waals surface area contributed by atoms with E-state index in [-0.39, 0.29) is 0 Å². The first-order valence-electron chi connectivity index (χ1n) is 7.75. The van der Waals surface area contributed by atoms with E-state index in [1.165, 1.54) is 11.1 Å². The number of benzene rings is 1. The van der Waals surface area contributed by atoms with Crippen LogP contribution < -0.4 is 5.32 Å². The van der Waals surface area contributed by atoms with Gasteiger partial charge in [-0.3, -0.25) is 0 Å². The number of imidazole rings is 1. The predicted octanol–water partition coefficient (Wildman–Crippen LogP) is 3.67. The van der Waals surface area contributed by atoms with Crippen LogP contribution in [0.25, 0.3) is 10.3 Å². The van der Waals surface area contributed by atoms with Crippen LogP contribution in [0.2, 0.25) is 0 Å². The van der Waals surface area contributed by atoms with Crippen molar-refractivity contribution in [3.8, 4) is 0 Å². The Hall–Kier alpha value is -2.45. The summed E-state index contributed by atoms with van der Waals surface area (Å²) in [5.74, 6) is 0.838. The number of rotatable bonds is 6. The normalized spacial score (nSPS) is 11.1. The molecule has 0 saturated heterocycles. The topological polar surface area (TPSA) is 68.5 Å². The van der Waals surface area contributed by atoms with Gasteiger partial charge in [-0.15, -0.1) is 11.3 Å². The lowest BCUT2D eigenvalue weighted by molar-refractivity contribution is 0.797. The molecule has 0 spiro atoms. The Bertz CT molecular complexity index is 963. The highest BCUT2D eigenvalue weighted by atomic mass is 32.2. The fraction of sp³-hybridized carbons (Fsp3) is 0.176. The van der Waals surface area contributed by atoms with Gasteiger partial charge in [-0.05, 0) is 17.4 Å². The summed E-state index contributed by atoms with van der Waals surface area (Å²) in [5, 5.41) is 3.40. The smallest absolute Gasteiger partial charge is 0.176 e. The van der Waals surface area contributed by atoms with Gasteiger partial charge in [0.15, 0.2) is 9.99 Å². The number of nitrogens with one attached hydrogen (secondary N) is 1. The first-order valence-corrected chi connectivity index (χ1v) is 9.79. The van der Waals surface area contributed by atoms with E-state index in [0.717, 1.165) is 27.0 Å². The number of thioether (sulfide) groups is 1. The predicted molar refractivity (Wildman–Crippen MR) is 102 cm³/mol. The Morgan fingerprint density at radius 2 is 2.00 bits per heavy atom. The van der Waals surface area contributed by atoms with E-state index in [4.69, 9.17) is 0 Å². The van der Waals surface area contributed by atoms with Crippen molar-refractivity contribution >= 4 is 39.3 Å². The molecule has 0 atom stereocenters. The number of hydrogen-bond donors (Lipinski definition) is 1. The maximum absolute atomic E-state index is 4.48.